The van der Waals surface area contributed by atoms with Gasteiger partial charge in [-0.15, -0.1) is 0 Å². The number of anilines is 1. The van der Waals surface area contributed by atoms with E-state index in [0.29, 0.717) is 63.6 Å². The predicted octanol–water partition coefficient (Wildman–Crippen LogP) is 5.25. The fourth-order valence-electron chi connectivity index (χ4n) is 5.24. The Morgan fingerprint density at radius 2 is 1.92 bits per heavy atom. The molecule has 0 radical (unpaired) electrons. The molecule has 10 heteroatoms. The van der Waals surface area contributed by atoms with E-state index in [0.717, 1.165) is 31.2 Å². The van der Waals surface area contributed by atoms with Gasteiger partial charge in [-0.3, -0.25) is 19.1 Å². The topological polar surface area (TPSA) is 96.6 Å². The Labute approximate surface area is 239 Å². The summed E-state index contributed by atoms with van der Waals surface area (Å²) in [5.41, 5.74) is 2.01. The maximum atomic E-state index is 13.4. The summed E-state index contributed by atoms with van der Waals surface area (Å²) in [6, 6.07) is 8.00. The van der Waals surface area contributed by atoms with Crippen molar-refractivity contribution in [2.45, 2.75) is 65.0 Å². The monoisotopic (exact) mass is 566 g/mol. The maximum absolute atomic E-state index is 13.4. The van der Waals surface area contributed by atoms with E-state index in [1.165, 1.54) is 11.8 Å². The summed E-state index contributed by atoms with van der Waals surface area (Å²) >= 11 is 6.89. The van der Waals surface area contributed by atoms with Gasteiger partial charge in [0, 0.05) is 24.7 Å². The Balaban J connectivity index is 1.71. The molecule has 1 aliphatic heterocycles. The van der Waals surface area contributed by atoms with E-state index in [4.69, 9.17) is 21.7 Å². The van der Waals surface area contributed by atoms with Crippen molar-refractivity contribution in [3.63, 3.8) is 0 Å². The van der Waals surface area contributed by atoms with Crippen LogP contribution in [0, 0.1) is 18.3 Å². The number of thiocarbonyl (C=S) groups is 1. The number of thioether (sulfide) groups is 1. The van der Waals surface area contributed by atoms with E-state index in [1.807, 2.05) is 25.1 Å². The summed E-state index contributed by atoms with van der Waals surface area (Å²) in [5, 5.41) is 13.3. The van der Waals surface area contributed by atoms with E-state index in [1.54, 1.807) is 36.7 Å². The molecule has 0 atom stereocenters. The molecule has 0 bridgehead atoms. The van der Waals surface area contributed by atoms with Crippen molar-refractivity contribution < 1.29 is 14.3 Å². The Bertz CT molecular complexity index is 1400. The lowest BCUT2D eigenvalue weighted by molar-refractivity contribution is -0.123. The molecule has 1 saturated heterocycles. The summed E-state index contributed by atoms with van der Waals surface area (Å²) in [5.74, 6) is 1.81. The van der Waals surface area contributed by atoms with Crippen LogP contribution in [0.4, 0.5) is 5.82 Å². The van der Waals surface area contributed by atoms with Gasteiger partial charge in [0.15, 0.2) is 11.5 Å². The van der Waals surface area contributed by atoms with Crippen LogP contribution in [0.15, 0.2) is 27.9 Å². The van der Waals surface area contributed by atoms with Crippen molar-refractivity contribution >= 4 is 46.1 Å². The fourth-order valence-corrected chi connectivity index (χ4v) is 6.62. The number of amides is 1. The first-order valence-corrected chi connectivity index (χ1v) is 14.5. The van der Waals surface area contributed by atoms with E-state index in [-0.39, 0.29) is 23.1 Å². The number of aromatic nitrogens is 1. The van der Waals surface area contributed by atoms with Gasteiger partial charge in [-0.1, -0.05) is 49.8 Å². The highest BCUT2D eigenvalue weighted by atomic mass is 32.2. The smallest absolute Gasteiger partial charge is 0.270 e. The molecule has 2 aliphatic rings. The van der Waals surface area contributed by atoms with Crippen LogP contribution in [-0.2, 0) is 17.8 Å². The quantitative estimate of drug-likeness (QED) is 0.308. The molecule has 39 heavy (non-hydrogen) atoms. The Morgan fingerprint density at radius 3 is 2.56 bits per heavy atom. The summed E-state index contributed by atoms with van der Waals surface area (Å²) < 4.78 is 13.0. The number of ether oxygens (including phenoxy) is 2. The first-order valence-electron chi connectivity index (χ1n) is 13.2. The molecule has 0 spiro atoms. The minimum atomic E-state index is -0.332. The van der Waals surface area contributed by atoms with E-state index < -0.39 is 0 Å². The number of benzene rings is 1. The molecule has 1 aliphatic carbocycles. The van der Waals surface area contributed by atoms with E-state index >= 15 is 0 Å². The highest BCUT2D eigenvalue weighted by Crippen LogP contribution is 2.39. The van der Waals surface area contributed by atoms with E-state index in [9.17, 15) is 14.9 Å². The second-order valence-corrected chi connectivity index (χ2v) is 11.4. The molecule has 2 fully saturated rings. The standard InChI is InChI=1S/C29H34N4O4S2/c1-5-14-32-26(31-13-12-19-10-11-23(36-3)24(15-19)37-4)21(18(2)22(17-30)27(32)34)16-25-28(35)33(29(38)39-25)20-8-6-7-9-20/h10-11,15-16,20,31H,5-9,12-14H2,1-4H3/b25-16+. The molecular weight excluding hydrogens is 532 g/mol. The van der Waals surface area contributed by atoms with Crippen LogP contribution in [-0.4, -0.2) is 46.5 Å². The zero-order valence-corrected chi connectivity index (χ0v) is 24.5. The second kappa shape index (κ2) is 12.7. The molecular formula is C29H34N4O4S2. The largest absolute Gasteiger partial charge is 0.493 e. The number of methoxy groups -OCH3 is 2. The van der Waals surface area contributed by atoms with Gasteiger partial charge in [0.2, 0.25) is 0 Å². The van der Waals surface area contributed by atoms with Crippen molar-refractivity contribution in [2.24, 2.45) is 0 Å². The number of rotatable bonds is 10. The number of nitriles is 1. The molecule has 1 saturated carbocycles. The van der Waals surface area contributed by atoms with Crippen molar-refractivity contribution in [2.75, 3.05) is 26.1 Å². The summed E-state index contributed by atoms with van der Waals surface area (Å²) in [6.45, 7) is 4.71. The van der Waals surface area contributed by atoms with Gasteiger partial charge in [0.05, 0.1) is 19.1 Å². The average Bonchev–Trinajstić information content (AvgIpc) is 3.55. The van der Waals surface area contributed by atoms with Crippen LogP contribution in [0.25, 0.3) is 6.08 Å². The highest BCUT2D eigenvalue weighted by molar-refractivity contribution is 8.26. The summed E-state index contributed by atoms with van der Waals surface area (Å²) in [4.78, 5) is 29.0. The number of carbonyl (C=O) groups is 1. The molecule has 8 nitrogen and oxygen atoms in total. The van der Waals surface area contributed by atoms with Gasteiger partial charge < -0.3 is 14.8 Å². The zero-order valence-electron chi connectivity index (χ0n) is 22.8. The predicted molar refractivity (Wildman–Crippen MR) is 159 cm³/mol. The van der Waals surface area contributed by atoms with Crippen molar-refractivity contribution in [1.29, 1.82) is 5.26 Å². The molecule has 0 unspecified atom stereocenters. The summed E-state index contributed by atoms with van der Waals surface area (Å²) in [6.07, 6.45) is 7.28. The molecule has 1 aromatic heterocycles. The number of nitrogens with zero attached hydrogens (tertiary/aromatic N) is 3. The number of carbonyl (C=O) groups excluding carboxylic acids is 1. The second-order valence-electron chi connectivity index (χ2n) is 9.69. The van der Waals surface area contributed by atoms with E-state index in [2.05, 4.69) is 11.4 Å². The third-order valence-electron chi connectivity index (χ3n) is 7.26. The Hall–Kier alpha value is -3.29. The van der Waals surface area contributed by atoms with Crippen LogP contribution in [0.2, 0.25) is 0 Å². The van der Waals surface area contributed by atoms with Crippen LogP contribution < -0.4 is 20.3 Å². The van der Waals surface area contributed by atoms with Crippen LogP contribution in [0.3, 0.4) is 0 Å². The Morgan fingerprint density at radius 1 is 1.21 bits per heavy atom. The normalized spacial score (nSPS) is 16.7. The number of hydrogen-bond acceptors (Lipinski definition) is 8. The lowest BCUT2D eigenvalue weighted by atomic mass is 10.0. The molecule has 206 valence electrons. The molecule has 1 N–H and O–H groups in total. The lowest BCUT2D eigenvalue weighted by Gasteiger charge is -2.22. The lowest BCUT2D eigenvalue weighted by Crippen LogP contribution is -2.36. The average molecular weight is 567 g/mol. The Kier molecular flexibility index (Phi) is 9.36. The minimum absolute atomic E-state index is 0.0893. The SMILES string of the molecule is CCCn1c(NCCc2ccc(OC)c(OC)c2)c(/C=C2/SC(=S)N(C3CCCC3)C2=O)c(C)c(C#N)c1=O. The summed E-state index contributed by atoms with van der Waals surface area (Å²) in [7, 11) is 3.20. The fraction of sp³-hybridized carbons (Fsp3) is 0.448. The van der Waals surface area contributed by atoms with Crippen molar-refractivity contribution in [1.82, 2.24) is 9.47 Å². The molecule has 2 heterocycles. The zero-order chi connectivity index (χ0) is 28.1. The highest BCUT2D eigenvalue weighted by Gasteiger charge is 2.38. The van der Waals surface area contributed by atoms with Crippen LogP contribution >= 0.6 is 24.0 Å². The molecule has 1 amide bonds. The van der Waals surface area contributed by atoms with Gasteiger partial charge in [0.25, 0.3) is 11.5 Å². The molecule has 1 aromatic carbocycles. The third kappa shape index (κ3) is 5.85. The maximum Gasteiger partial charge on any atom is 0.270 e. The van der Waals surface area contributed by atoms with Gasteiger partial charge in [-0.2, -0.15) is 5.26 Å². The first kappa shape index (κ1) is 28.7. The van der Waals surface area contributed by atoms with Gasteiger partial charge in [-0.05, 0) is 61.9 Å². The van der Waals surface area contributed by atoms with Crippen molar-refractivity contribution in [3.8, 4) is 17.6 Å². The van der Waals surface area contributed by atoms with Gasteiger partial charge >= 0.3 is 0 Å². The van der Waals surface area contributed by atoms with Crippen LogP contribution in [0.1, 0.15) is 61.3 Å². The third-order valence-corrected chi connectivity index (χ3v) is 8.60. The number of nitrogens with one attached hydrogen (secondary N) is 1. The number of hydrogen-bond donors (Lipinski definition) is 1. The molecule has 4 rings (SSSR count). The van der Waals surface area contributed by atoms with Gasteiger partial charge in [-0.25, -0.2) is 0 Å². The number of pyridine rings is 1. The minimum Gasteiger partial charge on any atom is -0.493 e. The van der Waals surface area contributed by atoms with Crippen LogP contribution in [0.5, 0.6) is 11.5 Å². The first-order chi connectivity index (χ1) is 18.8. The van der Waals surface area contributed by atoms with Crippen molar-refractivity contribution in [3.05, 3.63) is 55.7 Å². The molecule has 2 aromatic rings. The van der Waals surface area contributed by atoms with Gasteiger partial charge in [0.1, 0.15) is 21.8 Å².